The normalized spacial score (nSPS) is 10.4. The molecule has 0 radical (unpaired) electrons. The minimum Gasteiger partial charge on any atom is -0.455 e. The Morgan fingerprint density at radius 1 is 1.33 bits per heavy atom. The fourth-order valence-electron chi connectivity index (χ4n) is 1.54. The fraction of sp³-hybridized carbons (Fsp3) is 0.154. The van der Waals surface area contributed by atoms with Gasteiger partial charge in [-0.25, -0.2) is 0 Å². The minimum atomic E-state index is 0.646. The van der Waals surface area contributed by atoms with E-state index in [1.807, 2.05) is 25.2 Å². The molecule has 0 saturated heterocycles. The van der Waals surface area contributed by atoms with E-state index in [0.29, 0.717) is 17.3 Å². The van der Waals surface area contributed by atoms with Gasteiger partial charge in [0, 0.05) is 27.8 Å². The van der Waals surface area contributed by atoms with E-state index in [9.17, 15) is 0 Å². The van der Waals surface area contributed by atoms with Gasteiger partial charge < -0.3 is 10.1 Å². The van der Waals surface area contributed by atoms with Crippen molar-refractivity contribution in [2.75, 3.05) is 7.05 Å². The maximum Gasteiger partial charge on any atom is 0.146 e. The zero-order valence-corrected chi connectivity index (χ0v) is 12.1. The highest BCUT2D eigenvalue weighted by molar-refractivity contribution is 9.10. The van der Waals surface area contributed by atoms with Crippen LogP contribution in [0.2, 0.25) is 5.02 Å². The van der Waals surface area contributed by atoms with Crippen LogP contribution in [-0.4, -0.2) is 12.0 Å². The monoisotopic (exact) mass is 326 g/mol. The Kier molecular flexibility index (Phi) is 4.58. The van der Waals surface area contributed by atoms with Crippen LogP contribution in [0.3, 0.4) is 0 Å². The molecule has 1 aromatic carbocycles. The molecule has 18 heavy (non-hydrogen) atoms. The molecule has 2 rings (SSSR count). The van der Waals surface area contributed by atoms with Crippen molar-refractivity contribution < 1.29 is 4.74 Å². The lowest BCUT2D eigenvalue weighted by molar-refractivity contribution is 0.471. The van der Waals surface area contributed by atoms with Gasteiger partial charge in [-0.05, 0) is 41.2 Å². The van der Waals surface area contributed by atoms with Crippen molar-refractivity contribution in [2.45, 2.75) is 6.54 Å². The van der Waals surface area contributed by atoms with E-state index in [1.165, 1.54) is 0 Å². The van der Waals surface area contributed by atoms with Crippen molar-refractivity contribution in [3.63, 3.8) is 0 Å². The molecular formula is C13H12BrClN2O. The lowest BCUT2D eigenvalue weighted by Gasteiger charge is -2.11. The van der Waals surface area contributed by atoms with Crippen molar-refractivity contribution in [3.05, 3.63) is 51.7 Å². The summed E-state index contributed by atoms with van der Waals surface area (Å²) >= 11 is 9.35. The van der Waals surface area contributed by atoms with Gasteiger partial charge in [0.25, 0.3) is 0 Å². The van der Waals surface area contributed by atoms with Gasteiger partial charge >= 0.3 is 0 Å². The lowest BCUT2D eigenvalue weighted by atomic mass is 10.2. The van der Waals surface area contributed by atoms with Crippen molar-refractivity contribution in [1.82, 2.24) is 10.3 Å². The van der Waals surface area contributed by atoms with Crippen LogP contribution in [0, 0.1) is 0 Å². The first-order chi connectivity index (χ1) is 8.69. The second kappa shape index (κ2) is 6.18. The molecule has 0 fully saturated rings. The fourth-order valence-corrected chi connectivity index (χ4v) is 2.04. The summed E-state index contributed by atoms with van der Waals surface area (Å²) in [4.78, 5) is 4.06. The highest BCUT2D eigenvalue weighted by Crippen LogP contribution is 2.29. The summed E-state index contributed by atoms with van der Waals surface area (Å²) in [5, 5.41) is 3.74. The van der Waals surface area contributed by atoms with Crippen molar-refractivity contribution in [3.8, 4) is 11.5 Å². The Bertz CT molecular complexity index is 548. The van der Waals surface area contributed by atoms with Crippen molar-refractivity contribution in [1.29, 1.82) is 0 Å². The van der Waals surface area contributed by atoms with Gasteiger partial charge in [-0.3, -0.25) is 4.98 Å². The molecule has 3 nitrogen and oxygen atoms in total. The number of nitrogens with zero attached hydrogens (tertiary/aromatic N) is 1. The zero-order valence-electron chi connectivity index (χ0n) is 9.78. The lowest BCUT2D eigenvalue weighted by Crippen LogP contribution is -2.06. The van der Waals surface area contributed by atoms with E-state index >= 15 is 0 Å². The Hall–Kier alpha value is -1.10. The quantitative estimate of drug-likeness (QED) is 0.921. The number of halogens is 2. The molecule has 5 heteroatoms. The summed E-state index contributed by atoms with van der Waals surface area (Å²) in [5.41, 5.74) is 1.04. The molecule has 0 aliphatic heterocycles. The van der Waals surface area contributed by atoms with E-state index in [4.69, 9.17) is 16.3 Å². The maximum atomic E-state index is 5.99. The first-order valence-electron chi connectivity index (χ1n) is 5.40. The molecule has 0 saturated carbocycles. The van der Waals surface area contributed by atoms with E-state index in [1.54, 1.807) is 18.5 Å². The average molecular weight is 328 g/mol. The molecule has 0 atom stereocenters. The third-order valence-electron chi connectivity index (χ3n) is 2.30. The van der Waals surface area contributed by atoms with Crippen LogP contribution in [0.1, 0.15) is 5.56 Å². The highest BCUT2D eigenvalue weighted by Gasteiger charge is 2.06. The van der Waals surface area contributed by atoms with Gasteiger partial charge in [0.15, 0.2) is 0 Å². The van der Waals surface area contributed by atoms with Crippen LogP contribution in [0.25, 0.3) is 0 Å². The van der Waals surface area contributed by atoms with Gasteiger partial charge in [0.05, 0.1) is 6.20 Å². The number of rotatable bonds is 4. The molecule has 0 aliphatic carbocycles. The van der Waals surface area contributed by atoms with Crippen LogP contribution in [0.5, 0.6) is 11.5 Å². The Labute approximate surface area is 119 Å². The number of pyridine rings is 1. The first-order valence-corrected chi connectivity index (χ1v) is 6.57. The van der Waals surface area contributed by atoms with Crippen LogP contribution >= 0.6 is 27.5 Å². The first kappa shape index (κ1) is 13.3. The van der Waals surface area contributed by atoms with Crippen molar-refractivity contribution >= 4 is 27.5 Å². The number of ether oxygens (including phenoxy) is 1. The number of aromatic nitrogens is 1. The summed E-state index contributed by atoms with van der Waals surface area (Å²) in [5.74, 6) is 1.40. The van der Waals surface area contributed by atoms with Gasteiger partial charge in [-0.2, -0.15) is 0 Å². The van der Waals surface area contributed by atoms with E-state index in [-0.39, 0.29) is 0 Å². The van der Waals surface area contributed by atoms with Gasteiger partial charge in [-0.15, -0.1) is 0 Å². The number of nitrogens with one attached hydrogen (secondary N) is 1. The molecule has 0 unspecified atom stereocenters. The number of hydrogen-bond acceptors (Lipinski definition) is 3. The smallest absolute Gasteiger partial charge is 0.146 e. The van der Waals surface area contributed by atoms with Gasteiger partial charge in [-0.1, -0.05) is 17.7 Å². The molecule has 1 heterocycles. The Balaban J connectivity index is 2.29. The SMILES string of the molecule is CNCc1ccc(Cl)cc1Oc1cncc(Br)c1. The van der Waals surface area contributed by atoms with E-state index in [2.05, 4.69) is 26.2 Å². The molecule has 94 valence electrons. The molecule has 2 aromatic rings. The number of hydrogen-bond donors (Lipinski definition) is 1. The van der Waals surface area contributed by atoms with Crippen LogP contribution < -0.4 is 10.1 Å². The predicted octanol–water partition coefficient (Wildman–Crippen LogP) is 4.01. The average Bonchev–Trinajstić information content (AvgIpc) is 2.33. The Morgan fingerprint density at radius 2 is 2.17 bits per heavy atom. The Morgan fingerprint density at radius 3 is 2.89 bits per heavy atom. The number of benzene rings is 1. The summed E-state index contributed by atoms with van der Waals surface area (Å²) in [7, 11) is 1.89. The third-order valence-corrected chi connectivity index (χ3v) is 2.97. The second-order valence-corrected chi connectivity index (χ2v) is 5.08. The summed E-state index contributed by atoms with van der Waals surface area (Å²) in [6.07, 6.45) is 3.37. The molecule has 0 aliphatic rings. The zero-order chi connectivity index (χ0) is 13.0. The third kappa shape index (κ3) is 3.45. The van der Waals surface area contributed by atoms with Gasteiger partial charge in [0.1, 0.15) is 11.5 Å². The summed E-state index contributed by atoms with van der Waals surface area (Å²) < 4.78 is 6.68. The molecule has 0 bridgehead atoms. The molecule has 1 aromatic heterocycles. The summed E-state index contributed by atoms with van der Waals surface area (Å²) in [6, 6.07) is 7.45. The minimum absolute atomic E-state index is 0.646. The predicted molar refractivity (Wildman–Crippen MR) is 76.2 cm³/mol. The van der Waals surface area contributed by atoms with E-state index in [0.717, 1.165) is 15.8 Å². The maximum absolute atomic E-state index is 5.99. The highest BCUT2D eigenvalue weighted by atomic mass is 79.9. The van der Waals surface area contributed by atoms with Gasteiger partial charge in [0.2, 0.25) is 0 Å². The molecular weight excluding hydrogens is 316 g/mol. The van der Waals surface area contributed by atoms with E-state index < -0.39 is 0 Å². The summed E-state index contributed by atoms with van der Waals surface area (Å²) in [6.45, 7) is 0.716. The molecule has 0 spiro atoms. The van der Waals surface area contributed by atoms with Crippen LogP contribution in [0.15, 0.2) is 41.1 Å². The largest absolute Gasteiger partial charge is 0.455 e. The van der Waals surface area contributed by atoms with Crippen LogP contribution in [0.4, 0.5) is 0 Å². The topological polar surface area (TPSA) is 34.1 Å². The standard InChI is InChI=1S/C13H12BrClN2O/c1-16-6-9-2-3-11(15)5-13(9)18-12-4-10(14)7-17-8-12/h2-5,7-8,16H,6H2,1H3. The molecule has 0 amide bonds. The molecule has 1 N–H and O–H groups in total. The van der Waals surface area contributed by atoms with Crippen molar-refractivity contribution in [2.24, 2.45) is 0 Å². The second-order valence-electron chi connectivity index (χ2n) is 3.72. The van der Waals surface area contributed by atoms with Crippen LogP contribution in [-0.2, 0) is 6.54 Å².